The fourth-order valence-corrected chi connectivity index (χ4v) is 2.73. The maximum Gasteiger partial charge on any atom is 0.262 e. The van der Waals surface area contributed by atoms with Crippen molar-refractivity contribution in [3.63, 3.8) is 0 Å². The number of aryl methyl sites for hydroxylation is 2. The Kier molecular flexibility index (Phi) is 6.81. The largest absolute Gasteiger partial charge is 0.394 e. The zero-order valence-corrected chi connectivity index (χ0v) is 16.7. The van der Waals surface area contributed by atoms with Crippen LogP contribution in [0.15, 0.2) is 41.5 Å². The molecular formula is C19H25N5O2S. The van der Waals surface area contributed by atoms with Crippen molar-refractivity contribution in [1.29, 1.82) is 0 Å². The number of rotatable bonds is 6. The average molecular weight is 388 g/mol. The first kappa shape index (κ1) is 20.7. The van der Waals surface area contributed by atoms with Gasteiger partial charge < -0.3 is 20.3 Å². The van der Waals surface area contributed by atoms with Crippen LogP contribution in [0.4, 0.5) is 17.5 Å². The maximum atomic E-state index is 12.8. The van der Waals surface area contributed by atoms with Gasteiger partial charge in [-0.05, 0) is 56.0 Å². The second-order valence-corrected chi connectivity index (χ2v) is 6.30. The lowest BCUT2D eigenvalue weighted by atomic mass is 10.2. The van der Waals surface area contributed by atoms with Crippen molar-refractivity contribution in [2.24, 2.45) is 0 Å². The predicted molar refractivity (Wildman–Crippen MR) is 114 cm³/mol. The standard InChI is InChI=1S/C19H23N5O2.H2S/c1-4-24-8-6-14-10-16(22-15-9-12(2)5-7-20-15)23-18(17(14)19(24)26)21-13(3)11-25;/h5-10,13,25H,4,11H2,1-3H3,(H2,20,21,22,23);1H2/t13-;/m0./s1. The Morgan fingerprint density at radius 2 is 2.04 bits per heavy atom. The third-order valence-corrected chi connectivity index (χ3v) is 4.13. The third-order valence-electron chi connectivity index (χ3n) is 4.13. The van der Waals surface area contributed by atoms with Gasteiger partial charge in [0.2, 0.25) is 0 Å². The molecule has 0 amide bonds. The van der Waals surface area contributed by atoms with Crippen LogP contribution in [0.1, 0.15) is 19.4 Å². The Balaban J connectivity index is 0.00000261. The molecule has 3 rings (SSSR count). The first-order chi connectivity index (χ1) is 12.5. The van der Waals surface area contributed by atoms with Crippen LogP contribution in [-0.4, -0.2) is 32.3 Å². The van der Waals surface area contributed by atoms with Crippen LogP contribution < -0.4 is 16.2 Å². The zero-order valence-electron chi connectivity index (χ0n) is 15.7. The molecule has 3 aromatic heterocycles. The van der Waals surface area contributed by atoms with Crippen molar-refractivity contribution in [2.75, 3.05) is 17.2 Å². The summed E-state index contributed by atoms with van der Waals surface area (Å²) in [5.74, 6) is 1.71. The molecule has 0 aromatic carbocycles. The molecule has 0 saturated heterocycles. The summed E-state index contributed by atoms with van der Waals surface area (Å²) in [5, 5.41) is 17.0. The van der Waals surface area contributed by atoms with Crippen LogP contribution in [0.2, 0.25) is 0 Å². The van der Waals surface area contributed by atoms with Crippen molar-refractivity contribution in [3.05, 3.63) is 52.6 Å². The minimum Gasteiger partial charge on any atom is -0.394 e. The van der Waals surface area contributed by atoms with Crippen molar-refractivity contribution < 1.29 is 5.11 Å². The van der Waals surface area contributed by atoms with E-state index in [9.17, 15) is 9.90 Å². The number of pyridine rings is 3. The molecule has 0 radical (unpaired) electrons. The SMILES string of the molecule is CCn1ccc2cc(Nc3cc(C)ccn3)nc(N[C@@H](C)CO)c2c1=O.S. The Morgan fingerprint density at radius 1 is 1.26 bits per heavy atom. The van der Waals surface area contributed by atoms with Gasteiger partial charge in [-0.15, -0.1) is 0 Å². The van der Waals surface area contributed by atoms with E-state index >= 15 is 0 Å². The van der Waals surface area contributed by atoms with Gasteiger partial charge in [0.1, 0.15) is 17.5 Å². The fraction of sp³-hybridized carbons (Fsp3) is 0.316. The van der Waals surface area contributed by atoms with E-state index in [1.807, 2.05) is 45.0 Å². The van der Waals surface area contributed by atoms with Crippen LogP contribution in [0.25, 0.3) is 10.8 Å². The number of anilines is 3. The molecule has 0 unspecified atom stereocenters. The van der Waals surface area contributed by atoms with Crippen molar-refractivity contribution >= 4 is 41.7 Å². The summed E-state index contributed by atoms with van der Waals surface area (Å²) in [5.41, 5.74) is 0.978. The van der Waals surface area contributed by atoms with Gasteiger partial charge in [0.25, 0.3) is 5.56 Å². The van der Waals surface area contributed by atoms with Gasteiger partial charge in [0.05, 0.1) is 12.0 Å². The topological polar surface area (TPSA) is 92.1 Å². The highest BCUT2D eigenvalue weighted by Gasteiger charge is 2.13. The van der Waals surface area contributed by atoms with Gasteiger partial charge in [-0.25, -0.2) is 9.97 Å². The number of nitrogens with zero attached hydrogens (tertiary/aromatic N) is 3. The summed E-state index contributed by atoms with van der Waals surface area (Å²) < 4.78 is 1.63. The molecule has 3 N–H and O–H groups in total. The molecule has 3 aromatic rings. The van der Waals surface area contributed by atoms with E-state index in [2.05, 4.69) is 20.6 Å². The number of nitrogens with one attached hydrogen (secondary N) is 2. The number of hydrogen-bond acceptors (Lipinski definition) is 6. The van der Waals surface area contributed by atoms with Gasteiger partial charge in [0.15, 0.2) is 0 Å². The monoisotopic (exact) mass is 387 g/mol. The van der Waals surface area contributed by atoms with E-state index in [0.29, 0.717) is 29.4 Å². The number of aliphatic hydroxyl groups is 1. The molecule has 0 bridgehead atoms. The van der Waals surface area contributed by atoms with Gasteiger partial charge in [0, 0.05) is 25.0 Å². The van der Waals surface area contributed by atoms with Gasteiger partial charge in [-0.3, -0.25) is 4.79 Å². The van der Waals surface area contributed by atoms with Gasteiger partial charge >= 0.3 is 0 Å². The third kappa shape index (κ3) is 4.58. The number of hydrogen-bond donors (Lipinski definition) is 3. The van der Waals surface area contributed by atoms with E-state index in [1.165, 1.54) is 0 Å². The molecule has 0 aliphatic rings. The van der Waals surface area contributed by atoms with E-state index < -0.39 is 0 Å². The first-order valence-corrected chi connectivity index (χ1v) is 8.63. The maximum absolute atomic E-state index is 12.8. The van der Waals surface area contributed by atoms with Crippen molar-refractivity contribution in [3.8, 4) is 0 Å². The zero-order chi connectivity index (χ0) is 18.7. The summed E-state index contributed by atoms with van der Waals surface area (Å²) in [6.07, 6.45) is 3.50. The van der Waals surface area contributed by atoms with Crippen LogP contribution in [0.5, 0.6) is 0 Å². The Labute approximate surface area is 164 Å². The molecule has 0 fully saturated rings. The number of aromatic nitrogens is 3. The number of fused-ring (bicyclic) bond motifs is 1. The van der Waals surface area contributed by atoms with E-state index in [1.54, 1.807) is 17.0 Å². The first-order valence-electron chi connectivity index (χ1n) is 8.63. The summed E-state index contributed by atoms with van der Waals surface area (Å²) in [7, 11) is 0. The highest BCUT2D eigenvalue weighted by atomic mass is 32.1. The van der Waals surface area contributed by atoms with Crippen LogP contribution in [0.3, 0.4) is 0 Å². The average Bonchev–Trinajstić information content (AvgIpc) is 2.61. The van der Waals surface area contributed by atoms with E-state index in [-0.39, 0.29) is 31.7 Å². The lowest BCUT2D eigenvalue weighted by Gasteiger charge is -2.16. The van der Waals surface area contributed by atoms with Crippen LogP contribution >= 0.6 is 13.5 Å². The highest BCUT2D eigenvalue weighted by Crippen LogP contribution is 2.24. The Hall–Kier alpha value is -2.58. The van der Waals surface area contributed by atoms with Gasteiger partial charge in [-0.1, -0.05) is 0 Å². The smallest absolute Gasteiger partial charge is 0.262 e. The van der Waals surface area contributed by atoms with E-state index in [0.717, 1.165) is 10.9 Å². The second-order valence-electron chi connectivity index (χ2n) is 6.30. The van der Waals surface area contributed by atoms with Crippen molar-refractivity contribution in [1.82, 2.24) is 14.5 Å². The molecule has 0 spiro atoms. The predicted octanol–water partition coefficient (Wildman–Crippen LogP) is 2.77. The lowest BCUT2D eigenvalue weighted by Crippen LogP contribution is -2.24. The molecule has 144 valence electrons. The summed E-state index contributed by atoms with van der Waals surface area (Å²) in [6.45, 7) is 6.26. The van der Waals surface area contributed by atoms with Gasteiger partial charge in [-0.2, -0.15) is 13.5 Å². The van der Waals surface area contributed by atoms with Crippen LogP contribution in [-0.2, 0) is 6.54 Å². The molecule has 0 aliphatic carbocycles. The Bertz CT molecular complexity index is 989. The minimum atomic E-state index is -0.229. The Morgan fingerprint density at radius 3 is 2.70 bits per heavy atom. The quantitative estimate of drug-likeness (QED) is 0.602. The van der Waals surface area contributed by atoms with Crippen LogP contribution in [0, 0.1) is 6.92 Å². The molecule has 3 heterocycles. The molecule has 1 atom stereocenters. The second kappa shape index (κ2) is 8.88. The minimum absolute atomic E-state index is 0. The van der Waals surface area contributed by atoms with Crippen molar-refractivity contribution in [2.45, 2.75) is 33.4 Å². The molecule has 8 heteroatoms. The molecular weight excluding hydrogens is 362 g/mol. The summed E-state index contributed by atoms with van der Waals surface area (Å²) in [4.78, 5) is 21.6. The lowest BCUT2D eigenvalue weighted by molar-refractivity contribution is 0.281. The normalized spacial score (nSPS) is 11.7. The number of aliphatic hydroxyl groups excluding tert-OH is 1. The highest BCUT2D eigenvalue weighted by molar-refractivity contribution is 7.59. The summed E-state index contributed by atoms with van der Waals surface area (Å²) in [6, 6.07) is 7.33. The van der Waals surface area contributed by atoms with E-state index in [4.69, 9.17) is 0 Å². The fourth-order valence-electron chi connectivity index (χ4n) is 2.73. The molecule has 0 aliphatic heterocycles. The summed E-state index contributed by atoms with van der Waals surface area (Å²) >= 11 is 0. The molecule has 7 nitrogen and oxygen atoms in total. The molecule has 27 heavy (non-hydrogen) atoms. The molecule has 0 saturated carbocycles.